The maximum absolute atomic E-state index is 10.8. The molecule has 2 aliphatic heterocycles. The van der Waals surface area contributed by atoms with Gasteiger partial charge in [0.1, 0.15) is 0 Å². The molecule has 0 aromatic heterocycles. The van der Waals surface area contributed by atoms with Crippen molar-refractivity contribution in [2.45, 2.75) is 24.5 Å². The quantitative estimate of drug-likeness (QED) is 0.756. The molecule has 3 rings (SSSR count). The minimum absolute atomic E-state index is 0.0948. The third kappa shape index (κ3) is 1.88. The third-order valence-corrected chi connectivity index (χ3v) is 4.12. The highest BCUT2D eigenvalue weighted by Gasteiger charge is 2.43. The summed E-state index contributed by atoms with van der Waals surface area (Å²) in [4.78, 5) is 2.21. The molecule has 0 bridgehead atoms. The van der Waals surface area contributed by atoms with Gasteiger partial charge in [0.2, 0.25) is 0 Å². The molecule has 2 N–H and O–H groups in total. The fraction of sp³-hybridized carbons (Fsp3) is 0.571. The van der Waals surface area contributed by atoms with E-state index in [0.29, 0.717) is 0 Å². The summed E-state index contributed by atoms with van der Waals surface area (Å²) < 4.78 is 0. The van der Waals surface area contributed by atoms with Crippen LogP contribution in [0.5, 0.6) is 0 Å². The summed E-state index contributed by atoms with van der Waals surface area (Å²) in [6.07, 6.45) is 1.92. The van der Waals surface area contributed by atoms with Gasteiger partial charge >= 0.3 is 0 Å². The number of benzene rings is 1. The van der Waals surface area contributed by atoms with Gasteiger partial charge in [-0.25, -0.2) is 0 Å². The molecule has 2 aliphatic rings. The van der Waals surface area contributed by atoms with Crippen LogP contribution in [0.15, 0.2) is 24.3 Å². The Hall–Kier alpha value is -0.900. The highest BCUT2D eigenvalue weighted by molar-refractivity contribution is 5.34. The van der Waals surface area contributed by atoms with Gasteiger partial charge in [0, 0.05) is 13.1 Å². The molecule has 3 nitrogen and oxygen atoms in total. The maximum Gasteiger partial charge on any atom is 0.0979 e. The predicted octanol–water partition coefficient (Wildman–Crippen LogP) is 0.940. The Balaban J connectivity index is 1.95. The van der Waals surface area contributed by atoms with Gasteiger partial charge in [-0.2, -0.15) is 0 Å². The summed E-state index contributed by atoms with van der Waals surface area (Å²) >= 11 is 0. The van der Waals surface area contributed by atoms with Crippen LogP contribution < -0.4 is 5.32 Å². The third-order valence-electron chi connectivity index (χ3n) is 4.12. The van der Waals surface area contributed by atoms with E-state index in [4.69, 9.17) is 0 Å². The SMILES string of the molecule is CN1CCC(O)(C2NCCc3ccccc32)C1. The Bertz CT molecular complexity index is 420. The smallest absolute Gasteiger partial charge is 0.0979 e. The van der Waals surface area contributed by atoms with Gasteiger partial charge in [-0.15, -0.1) is 0 Å². The number of likely N-dealkylation sites (N-methyl/N-ethyl adjacent to an activating group) is 1. The summed E-state index contributed by atoms with van der Waals surface area (Å²) in [5.41, 5.74) is 2.07. The van der Waals surface area contributed by atoms with E-state index in [1.165, 1.54) is 11.1 Å². The lowest BCUT2D eigenvalue weighted by Gasteiger charge is -2.37. The Labute approximate surface area is 102 Å². The van der Waals surface area contributed by atoms with Gasteiger partial charge < -0.3 is 15.3 Å². The fourth-order valence-corrected chi connectivity index (χ4v) is 3.23. The monoisotopic (exact) mass is 232 g/mol. The molecule has 0 aliphatic carbocycles. The average Bonchev–Trinajstić information content (AvgIpc) is 2.70. The zero-order chi connectivity index (χ0) is 11.9. The molecule has 0 amide bonds. The van der Waals surface area contributed by atoms with E-state index < -0.39 is 5.60 Å². The van der Waals surface area contributed by atoms with Crippen molar-refractivity contribution in [3.8, 4) is 0 Å². The van der Waals surface area contributed by atoms with E-state index in [1.807, 2.05) is 0 Å². The molecule has 1 saturated heterocycles. The van der Waals surface area contributed by atoms with Crippen LogP contribution in [0.25, 0.3) is 0 Å². The van der Waals surface area contributed by atoms with Gasteiger partial charge in [0.15, 0.2) is 0 Å². The van der Waals surface area contributed by atoms with E-state index in [-0.39, 0.29) is 6.04 Å². The standard InChI is InChI=1S/C14H20N2O/c1-16-9-7-14(17,10-16)13-12-5-3-2-4-11(12)6-8-15-13/h2-5,13,15,17H,6-10H2,1H3. The van der Waals surface area contributed by atoms with E-state index in [1.54, 1.807) is 0 Å². The zero-order valence-electron chi connectivity index (χ0n) is 10.3. The van der Waals surface area contributed by atoms with Crippen molar-refractivity contribution in [1.82, 2.24) is 10.2 Å². The minimum atomic E-state index is -0.606. The first-order valence-corrected chi connectivity index (χ1v) is 6.41. The van der Waals surface area contributed by atoms with Crippen LogP contribution in [0.4, 0.5) is 0 Å². The van der Waals surface area contributed by atoms with Crippen molar-refractivity contribution in [3.05, 3.63) is 35.4 Å². The van der Waals surface area contributed by atoms with Gasteiger partial charge in [-0.3, -0.25) is 0 Å². The molecular weight excluding hydrogens is 212 g/mol. The number of aliphatic hydroxyl groups is 1. The van der Waals surface area contributed by atoms with Crippen LogP contribution in [-0.4, -0.2) is 42.3 Å². The van der Waals surface area contributed by atoms with Crippen molar-refractivity contribution in [2.24, 2.45) is 0 Å². The summed E-state index contributed by atoms with van der Waals surface area (Å²) in [6, 6.07) is 8.60. The Morgan fingerprint density at radius 3 is 3.00 bits per heavy atom. The molecule has 2 heterocycles. The first-order chi connectivity index (χ1) is 8.19. The number of nitrogens with zero attached hydrogens (tertiary/aromatic N) is 1. The molecule has 17 heavy (non-hydrogen) atoms. The highest BCUT2D eigenvalue weighted by atomic mass is 16.3. The zero-order valence-corrected chi connectivity index (χ0v) is 10.3. The number of likely N-dealkylation sites (tertiary alicyclic amines) is 1. The molecule has 92 valence electrons. The lowest BCUT2D eigenvalue weighted by molar-refractivity contribution is 0.00959. The largest absolute Gasteiger partial charge is 0.387 e. The molecule has 2 unspecified atom stereocenters. The molecular formula is C14H20N2O. The number of hydrogen-bond donors (Lipinski definition) is 2. The van der Waals surface area contributed by atoms with Crippen molar-refractivity contribution in [3.63, 3.8) is 0 Å². The number of fused-ring (bicyclic) bond motifs is 1. The summed E-state index contributed by atoms with van der Waals surface area (Å²) in [5, 5.41) is 14.3. The topological polar surface area (TPSA) is 35.5 Å². The fourth-order valence-electron chi connectivity index (χ4n) is 3.23. The van der Waals surface area contributed by atoms with Crippen LogP contribution in [0.1, 0.15) is 23.6 Å². The number of nitrogens with one attached hydrogen (secondary N) is 1. The summed E-state index contributed by atoms with van der Waals surface area (Å²) in [7, 11) is 2.08. The van der Waals surface area contributed by atoms with Crippen LogP contribution in [0.2, 0.25) is 0 Å². The molecule has 1 aromatic rings. The van der Waals surface area contributed by atoms with Gasteiger partial charge in [0.25, 0.3) is 0 Å². The molecule has 1 fully saturated rings. The molecule has 0 saturated carbocycles. The Kier molecular flexibility index (Phi) is 2.69. The number of rotatable bonds is 1. The Morgan fingerprint density at radius 2 is 2.24 bits per heavy atom. The average molecular weight is 232 g/mol. The summed E-state index contributed by atoms with van der Waals surface area (Å²) in [6.45, 7) is 2.71. The second-order valence-electron chi connectivity index (χ2n) is 5.43. The van der Waals surface area contributed by atoms with Crippen LogP contribution in [0, 0.1) is 0 Å². The van der Waals surface area contributed by atoms with E-state index in [2.05, 4.69) is 41.5 Å². The highest BCUT2D eigenvalue weighted by Crippen LogP contribution is 2.36. The van der Waals surface area contributed by atoms with Crippen LogP contribution in [0.3, 0.4) is 0 Å². The van der Waals surface area contributed by atoms with Crippen molar-refractivity contribution < 1.29 is 5.11 Å². The van der Waals surface area contributed by atoms with E-state index in [9.17, 15) is 5.11 Å². The second-order valence-corrected chi connectivity index (χ2v) is 5.43. The lowest BCUT2D eigenvalue weighted by atomic mass is 9.82. The van der Waals surface area contributed by atoms with Crippen molar-refractivity contribution >= 4 is 0 Å². The number of β-amino-alcohol motifs (C(OH)–C–C–N with tert-alkyl or cyclic N) is 1. The van der Waals surface area contributed by atoms with E-state index in [0.717, 1.165) is 32.5 Å². The minimum Gasteiger partial charge on any atom is -0.387 e. The number of hydrogen-bond acceptors (Lipinski definition) is 3. The molecule has 1 aromatic carbocycles. The maximum atomic E-state index is 10.8. The van der Waals surface area contributed by atoms with Gasteiger partial charge in [-0.1, -0.05) is 24.3 Å². The molecule has 2 atom stereocenters. The van der Waals surface area contributed by atoms with Gasteiger partial charge in [-0.05, 0) is 37.6 Å². The second kappa shape index (κ2) is 4.09. The van der Waals surface area contributed by atoms with Crippen LogP contribution >= 0.6 is 0 Å². The van der Waals surface area contributed by atoms with Crippen LogP contribution in [-0.2, 0) is 6.42 Å². The molecule has 0 radical (unpaired) electrons. The van der Waals surface area contributed by atoms with Crippen molar-refractivity contribution in [2.75, 3.05) is 26.7 Å². The molecule has 3 heteroatoms. The lowest BCUT2D eigenvalue weighted by Crippen LogP contribution is -2.48. The van der Waals surface area contributed by atoms with Gasteiger partial charge in [0.05, 0.1) is 11.6 Å². The Morgan fingerprint density at radius 1 is 1.41 bits per heavy atom. The predicted molar refractivity (Wildman–Crippen MR) is 68.0 cm³/mol. The first kappa shape index (κ1) is 11.2. The normalized spacial score (nSPS) is 33.6. The summed E-state index contributed by atoms with van der Waals surface area (Å²) in [5.74, 6) is 0. The molecule has 0 spiro atoms. The van der Waals surface area contributed by atoms with E-state index >= 15 is 0 Å². The van der Waals surface area contributed by atoms with Crippen molar-refractivity contribution in [1.29, 1.82) is 0 Å². The first-order valence-electron chi connectivity index (χ1n) is 6.41.